The first-order chi connectivity index (χ1) is 49.6. The Hall–Kier alpha value is -9.88. The first-order valence-corrected chi connectivity index (χ1v) is 33.3. The Balaban J connectivity index is 0.000000179. The molecule has 32 heteroatoms. The Morgan fingerprint density at radius 1 is 0.456 bits per heavy atom. The standard InChI is InChI=1S/C28H32N8O2.2C21H26N6O5.CH4/c29-17-27(37)11-12-28(38)32-16-13-22-7-9-26(10-8-22)36-21-25(33-34-36)20-35(18-23-5-1-3-14-30-23)19-24-6-2-4-15-31-24;28-13-17-19(29)20(30)18(21(31)32-17)27-12-16(24-25-27)11-26(9-14-5-1-3-7-22-14)10-15-6-2-4-8-23-15;28-18-17(32-21(31)20(30)19(18)29)13-27-12-16(24-25-27)11-26(9-14-5-1-3-7-22-14)10-15-6-2-4-8-23-15;/h1-10,14-15,21H,11-13,16-20,29H2,(H,32,38);2*1-8,12,17-21,28-31H,9-11,13H2;1H4/p+1/t;17-,18-,19-,20-,21?;17-,18+,19+,20-,21?;/m.11./s1. The van der Waals surface area contributed by atoms with Crippen molar-refractivity contribution in [2.24, 2.45) is 0 Å². The molecule has 0 bridgehead atoms. The van der Waals surface area contributed by atoms with Crippen molar-refractivity contribution in [3.05, 3.63) is 246 Å². The van der Waals surface area contributed by atoms with Gasteiger partial charge in [-0.3, -0.25) is 54.2 Å². The third-order valence-electron chi connectivity index (χ3n) is 16.6. The molecule has 0 spiro atoms. The lowest BCUT2D eigenvalue weighted by atomic mass is 9.97. The molecule has 0 radical (unpaired) electrons. The molecule has 9 aromatic heterocycles. The van der Waals surface area contributed by atoms with Crippen molar-refractivity contribution >= 4 is 11.7 Å². The molecule has 10 aromatic rings. The molecule has 10 atom stereocenters. The van der Waals surface area contributed by atoms with E-state index in [-0.39, 0.29) is 45.0 Å². The Labute approximate surface area is 594 Å². The number of quaternary nitrogens is 1. The van der Waals surface area contributed by atoms with Gasteiger partial charge in [-0.25, -0.2) is 14.0 Å². The summed E-state index contributed by atoms with van der Waals surface area (Å²) in [6.45, 7) is 5.38. The topological polar surface area (TPSA) is 433 Å². The van der Waals surface area contributed by atoms with Gasteiger partial charge in [0.25, 0.3) is 0 Å². The molecule has 2 fully saturated rings. The molecular weight excluding hydrogens is 1320 g/mol. The van der Waals surface area contributed by atoms with Crippen LogP contribution >= 0.6 is 0 Å². The zero-order chi connectivity index (χ0) is 71.6. The fourth-order valence-corrected chi connectivity index (χ4v) is 11.3. The quantitative estimate of drug-likeness (QED) is 0.0292. The van der Waals surface area contributed by atoms with E-state index in [1.165, 1.54) is 9.36 Å². The molecule has 2 unspecified atom stereocenters. The Bertz CT molecular complexity index is 3940. The van der Waals surface area contributed by atoms with E-state index >= 15 is 0 Å². The third-order valence-corrected chi connectivity index (χ3v) is 16.6. The number of aliphatic hydroxyl groups excluding tert-OH is 8. The summed E-state index contributed by atoms with van der Waals surface area (Å²) in [5, 5.41) is 107. The second-order valence-electron chi connectivity index (χ2n) is 24.4. The second kappa shape index (κ2) is 39.5. The summed E-state index contributed by atoms with van der Waals surface area (Å²) in [4.78, 5) is 56.2. The number of carbonyl (C=O) groups excluding carboxylic acids is 2. The van der Waals surface area contributed by atoms with Gasteiger partial charge in [0.15, 0.2) is 18.4 Å². The van der Waals surface area contributed by atoms with Crippen molar-refractivity contribution in [1.29, 1.82) is 0 Å². The van der Waals surface area contributed by atoms with Gasteiger partial charge in [-0.2, -0.15) is 0 Å². The van der Waals surface area contributed by atoms with Gasteiger partial charge in [-0.15, -0.1) is 15.3 Å². The number of nitrogens with one attached hydrogen (secondary N) is 1. The highest BCUT2D eigenvalue weighted by atomic mass is 16.6. The third kappa shape index (κ3) is 23.6. The fraction of sp³-hybridized carbons (Fsp3) is 0.380. The smallest absolute Gasteiger partial charge is 0.220 e. The van der Waals surface area contributed by atoms with E-state index in [9.17, 15) is 50.4 Å². The zero-order valence-corrected chi connectivity index (χ0v) is 56.0. The molecule has 103 heavy (non-hydrogen) atoms. The number of Topliss-reactive ketones (excluding diaryl/α,β-unsaturated/α-hetero) is 1. The minimum Gasteiger partial charge on any atom is -0.394 e. The van der Waals surface area contributed by atoms with Crippen LogP contribution in [0, 0.1) is 0 Å². The van der Waals surface area contributed by atoms with E-state index in [1.54, 1.807) is 54.3 Å². The van der Waals surface area contributed by atoms with Crippen molar-refractivity contribution in [2.45, 2.75) is 153 Å². The number of aliphatic hydroxyl groups is 8. The lowest BCUT2D eigenvalue weighted by molar-refractivity contribution is -0.354. The van der Waals surface area contributed by atoms with Crippen LogP contribution in [0.25, 0.3) is 5.69 Å². The molecule has 0 saturated carbocycles. The molecule has 2 saturated heterocycles. The number of carbonyl (C=O) groups is 2. The first kappa shape index (κ1) is 77.3. The van der Waals surface area contributed by atoms with Gasteiger partial charge in [0, 0.05) is 122 Å². The average Bonchev–Trinajstić information content (AvgIpc) is 1.78. The predicted octanol–water partition coefficient (Wildman–Crippen LogP) is 0.459. The predicted molar refractivity (Wildman–Crippen MR) is 369 cm³/mol. The minimum atomic E-state index is -1.59. The molecule has 1 aromatic carbocycles. The molecule has 12 rings (SSSR count). The number of rotatable bonds is 30. The number of benzene rings is 1. The number of hydrogen-bond donors (Lipinski definition) is 10. The van der Waals surface area contributed by atoms with Crippen molar-refractivity contribution < 1.29 is 65.6 Å². The molecule has 0 aliphatic carbocycles. The summed E-state index contributed by atoms with van der Waals surface area (Å²) in [7, 11) is 0. The monoisotopic (exact) mass is 1410 g/mol. The Kier molecular flexibility index (Phi) is 29.7. The molecule has 2 aliphatic rings. The summed E-state index contributed by atoms with van der Waals surface area (Å²) in [6, 6.07) is 41.7. The molecular formula is C71H89N20O12+. The number of pyridine rings is 6. The van der Waals surface area contributed by atoms with Gasteiger partial charge in [0.1, 0.15) is 55.3 Å². The highest BCUT2D eigenvalue weighted by Gasteiger charge is 2.46. The zero-order valence-electron chi connectivity index (χ0n) is 56.0. The fourth-order valence-electron chi connectivity index (χ4n) is 11.3. The number of ether oxygens (including phenoxy) is 2. The molecule has 12 N–H and O–H groups in total. The summed E-state index contributed by atoms with van der Waals surface area (Å²) >= 11 is 0. The van der Waals surface area contributed by atoms with Crippen LogP contribution < -0.4 is 11.1 Å². The number of aromatic nitrogens is 15. The van der Waals surface area contributed by atoms with Gasteiger partial charge in [0.05, 0.1) is 82.5 Å². The van der Waals surface area contributed by atoms with Crippen LogP contribution in [0.5, 0.6) is 0 Å². The van der Waals surface area contributed by atoms with Crippen LogP contribution in [0.1, 0.15) is 83.1 Å². The number of ketones is 1. The van der Waals surface area contributed by atoms with Crippen LogP contribution in [-0.4, -0.2) is 217 Å². The maximum Gasteiger partial charge on any atom is 0.220 e. The summed E-state index contributed by atoms with van der Waals surface area (Å²) in [5.41, 5.74) is 13.2. The van der Waals surface area contributed by atoms with Gasteiger partial charge >= 0.3 is 0 Å². The lowest BCUT2D eigenvalue weighted by Gasteiger charge is -2.39. The van der Waals surface area contributed by atoms with Crippen molar-refractivity contribution in [3.8, 4) is 5.69 Å². The number of hydrogen-bond acceptors (Lipinski definition) is 27. The molecule has 1 amide bonds. The van der Waals surface area contributed by atoms with E-state index in [1.807, 2.05) is 140 Å². The van der Waals surface area contributed by atoms with Crippen molar-refractivity contribution in [1.82, 2.24) is 94.9 Å². The lowest BCUT2D eigenvalue weighted by Crippen LogP contribution is -2.58. The van der Waals surface area contributed by atoms with Crippen LogP contribution in [0.3, 0.4) is 0 Å². The Morgan fingerprint density at radius 3 is 1.32 bits per heavy atom. The van der Waals surface area contributed by atoms with Gasteiger partial charge in [-0.1, -0.05) is 71.6 Å². The van der Waals surface area contributed by atoms with Crippen LogP contribution in [-0.2, 0) is 90.9 Å². The maximum absolute atomic E-state index is 11.9. The maximum atomic E-state index is 11.9. The SMILES string of the molecule is C.OC1O[C@H](Cn2cc(CN(Cc3ccccn3)Cc3ccccn3)nn2)[C@H](O)[C@H](O)[C@H]1O.OC[C@H]1OC(O)[C@H](n2cc(CN(Cc3ccccn3)Cc3ccccn3)nn2)[C@@H](O)[C@@H]1O.[NH3+]CC(=O)CCC(=O)NCCc1ccc(-n2cc(CN(Cc3ccccn3)Cc3ccccn3)nn2)cc1. The molecule has 2 aliphatic heterocycles. The van der Waals surface area contributed by atoms with E-state index < -0.39 is 68.0 Å². The average molecular weight is 1410 g/mol. The van der Waals surface area contributed by atoms with E-state index in [2.05, 4.69) is 86.6 Å². The van der Waals surface area contributed by atoms with E-state index in [4.69, 9.17) is 9.47 Å². The van der Waals surface area contributed by atoms with Gasteiger partial charge < -0.3 is 61.4 Å². The van der Waals surface area contributed by atoms with E-state index in [0.717, 1.165) is 51.1 Å². The first-order valence-electron chi connectivity index (χ1n) is 33.3. The second-order valence-corrected chi connectivity index (χ2v) is 24.4. The van der Waals surface area contributed by atoms with Gasteiger partial charge in [0.2, 0.25) is 5.91 Å². The number of amides is 1. The van der Waals surface area contributed by atoms with E-state index in [0.29, 0.717) is 83.3 Å². The van der Waals surface area contributed by atoms with Crippen LogP contribution in [0.2, 0.25) is 0 Å². The minimum absolute atomic E-state index is 0. The molecule has 11 heterocycles. The molecule has 32 nitrogen and oxygen atoms in total. The van der Waals surface area contributed by atoms with Crippen LogP contribution in [0.4, 0.5) is 0 Å². The van der Waals surface area contributed by atoms with Gasteiger partial charge in [-0.05, 0) is 96.9 Å². The largest absolute Gasteiger partial charge is 0.394 e. The highest BCUT2D eigenvalue weighted by molar-refractivity contribution is 5.85. The summed E-state index contributed by atoms with van der Waals surface area (Å²) in [5.74, 6) is -0.111. The molecule has 544 valence electrons. The Morgan fingerprint density at radius 2 is 0.874 bits per heavy atom. The normalized spacial score (nSPS) is 20.1. The number of nitrogens with zero attached hydrogens (tertiary/aromatic N) is 18. The van der Waals surface area contributed by atoms with Crippen molar-refractivity contribution in [3.63, 3.8) is 0 Å². The highest BCUT2D eigenvalue weighted by Crippen LogP contribution is 2.29. The summed E-state index contributed by atoms with van der Waals surface area (Å²) < 4.78 is 14.9. The van der Waals surface area contributed by atoms with Crippen LogP contribution in [0.15, 0.2) is 189 Å². The van der Waals surface area contributed by atoms with Crippen molar-refractivity contribution in [2.75, 3.05) is 19.7 Å². The summed E-state index contributed by atoms with van der Waals surface area (Å²) in [6.07, 6.45) is 4.69.